The standard InChI is InChI=1S/C14H15NO4/c1-8-4-10-6-9(2)15(7-12(16)19-3)13(10)11(5-8)14(17)18/h4-6H,7H2,1-3H3,(H,17,18). The van der Waals surface area contributed by atoms with Crippen LogP contribution in [0, 0.1) is 13.8 Å². The first-order valence-electron chi connectivity index (χ1n) is 5.84. The molecule has 0 aliphatic heterocycles. The third-order valence-corrected chi connectivity index (χ3v) is 3.09. The van der Waals surface area contributed by atoms with Crippen molar-refractivity contribution in [2.75, 3.05) is 7.11 Å². The highest BCUT2D eigenvalue weighted by Crippen LogP contribution is 2.25. The zero-order valence-corrected chi connectivity index (χ0v) is 11.1. The van der Waals surface area contributed by atoms with Crippen LogP contribution in [-0.4, -0.2) is 28.7 Å². The average molecular weight is 261 g/mol. The molecule has 0 saturated carbocycles. The lowest BCUT2D eigenvalue weighted by atomic mass is 10.1. The predicted molar refractivity (Wildman–Crippen MR) is 70.4 cm³/mol. The molecule has 0 saturated heterocycles. The summed E-state index contributed by atoms with van der Waals surface area (Å²) in [5.74, 6) is -1.41. The molecule has 0 fully saturated rings. The predicted octanol–water partition coefficient (Wildman–Crippen LogP) is 2.13. The highest BCUT2D eigenvalue weighted by molar-refractivity contribution is 6.03. The van der Waals surface area contributed by atoms with E-state index in [2.05, 4.69) is 4.74 Å². The molecule has 19 heavy (non-hydrogen) atoms. The topological polar surface area (TPSA) is 68.5 Å². The number of nitrogens with zero attached hydrogens (tertiary/aromatic N) is 1. The number of carbonyl (C=O) groups is 2. The van der Waals surface area contributed by atoms with Gasteiger partial charge in [0, 0.05) is 11.1 Å². The highest BCUT2D eigenvalue weighted by atomic mass is 16.5. The number of carbonyl (C=O) groups excluding carboxylic acids is 1. The SMILES string of the molecule is COC(=O)Cn1c(C)cc2cc(C)cc(C(=O)O)c21. The van der Waals surface area contributed by atoms with Gasteiger partial charge in [-0.1, -0.05) is 0 Å². The first-order valence-corrected chi connectivity index (χ1v) is 5.84. The van der Waals surface area contributed by atoms with Crippen LogP contribution in [0.1, 0.15) is 21.6 Å². The van der Waals surface area contributed by atoms with Crippen molar-refractivity contribution in [3.63, 3.8) is 0 Å². The summed E-state index contributed by atoms with van der Waals surface area (Å²) in [6.45, 7) is 3.69. The van der Waals surface area contributed by atoms with E-state index in [4.69, 9.17) is 0 Å². The zero-order valence-electron chi connectivity index (χ0n) is 11.1. The number of esters is 1. The fourth-order valence-electron chi connectivity index (χ4n) is 2.26. The zero-order chi connectivity index (χ0) is 14.2. The molecule has 0 bridgehead atoms. The van der Waals surface area contributed by atoms with Crippen molar-refractivity contribution in [2.45, 2.75) is 20.4 Å². The molecule has 5 nitrogen and oxygen atoms in total. The Labute approximate surface area is 110 Å². The molecule has 0 aliphatic carbocycles. The minimum Gasteiger partial charge on any atom is -0.478 e. The number of aryl methyl sites for hydroxylation is 2. The van der Waals surface area contributed by atoms with Gasteiger partial charge in [0.15, 0.2) is 0 Å². The summed E-state index contributed by atoms with van der Waals surface area (Å²) in [4.78, 5) is 22.8. The Morgan fingerprint density at radius 3 is 2.53 bits per heavy atom. The smallest absolute Gasteiger partial charge is 0.337 e. The lowest BCUT2D eigenvalue weighted by Crippen LogP contribution is -2.14. The summed E-state index contributed by atoms with van der Waals surface area (Å²) in [5, 5.41) is 10.1. The molecule has 2 aromatic rings. The van der Waals surface area contributed by atoms with Crippen LogP contribution in [0.25, 0.3) is 10.9 Å². The van der Waals surface area contributed by atoms with E-state index in [0.717, 1.165) is 16.6 Å². The minimum absolute atomic E-state index is 0.00910. The molecule has 1 N–H and O–H groups in total. The molecule has 100 valence electrons. The van der Waals surface area contributed by atoms with Crippen LogP contribution in [0.15, 0.2) is 18.2 Å². The number of carboxylic acids is 1. The Balaban J connectivity index is 2.73. The van der Waals surface area contributed by atoms with E-state index in [1.165, 1.54) is 7.11 Å². The number of carboxylic acid groups (broad SMARTS) is 1. The Morgan fingerprint density at radius 2 is 1.95 bits per heavy atom. The van der Waals surface area contributed by atoms with Crippen molar-refractivity contribution in [3.8, 4) is 0 Å². The van der Waals surface area contributed by atoms with Crippen LogP contribution in [0.4, 0.5) is 0 Å². The first-order chi connectivity index (χ1) is 8.93. The van der Waals surface area contributed by atoms with Gasteiger partial charge in [0.05, 0.1) is 18.2 Å². The van der Waals surface area contributed by atoms with Gasteiger partial charge >= 0.3 is 11.9 Å². The van der Waals surface area contributed by atoms with Gasteiger partial charge in [-0.05, 0) is 37.6 Å². The maximum absolute atomic E-state index is 11.4. The summed E-state index contributed by atoms with van der Waals surface area (Å²) in [6.07, 6.45) is 0. The van der Waals surface area contributed by atoms with Crippen molar-refractivity contribution in [2.24, 2.45) is 0 Å². The fraction of sp³-hybridized carbons (Fsp3) is 0.286. The van der Waals surface area contributed by atoms with Gasteiger partial charge < -0.3 is 14.4 Å². The summed E-state index contributed by atoms with van der Waals surface area (Å²) < 4.78 is 6.32. The second kappa shape index (κ2) is 4.76. The van der Waals surface area contributed by atoms with Crippen LogP contribution < -0.4 is 0 Å². The van der Waals surface area contributed by atoms with E-state index < -0.39 is 11.9 Å². The van der Waals surface area contributed by atoms with Crippen molar-refractivity contribution in [3.05, 3.63) is 35.0 Å². The van der Waals surface area contributed by atoms with Gasteiger partial charge in [0.25, 0.3) is 0 Å². The van der Waals surface area contributed by atoms with Gasteiger partial charge in [0.1, 0.15) is 6.54 Å². The summed E-state index contributed by atoms with van der Waals surface area (Å²) in [7, 11) is 1.31. The molecule has 1 aromatic carbocycles. The number of ether oxygens (including phenoxy) is 1. The summed E-state index contributed by atoms with van der Waals surface area (Å²) in [6, 6.07) is 5.39. The molecule has 0 spiro atoms. The average Bonchev–Trinajstić information content (AvgIpc) is 2.64. The number of benzene rings is 1. The second-order valence-electron chi connectivity index (χ2n) is 4.50. The molecule has 1 heterocycles. The summed E-state index contributed by atoms with van der Waals surface area (Å²) >= 11 is 0. The van der Waals surface area contributed by atoms with Crippen molar-refractivity contribution in [1.82, 2.24) is 4.57 Å². The van der Waals surface area contributed by atoms with E-state index in [0.29, 0.717) is 5.52 Å². The van der Waals surface area contributed by atoms with E-state index in [1.54, 1.807) is 10.6 Å². The third kappa shape index (κ3) is 2.31. The maximum Gasteiger partial charge on any atom is 0.337 e. The van der Waals surface area contributed by atoms with Crippen LogP contribution in [0.2, 0.25) is 0 Å². The van der Waals surface area contributed by atoms with Gasteiger partial charge in [-0.3, -0.25) is 4.79 Å². The van der Waals surface area contributed by atoms with E-state index in [-0.39, 0.29) is 12.1 Å². The van der Waals surface area contributed by atoms with Crippen LogP contribution in [-0.2, 0) is 16.1 Å². The van der Waals surface area contributed by atoms with Gasteiger partial charge in [-0.15, -0.1) is 0 Å². The lowest BCUT2D eigenvalue weighted by Gasteiger charge is -2.09. The molecule has 0 amide bonds. The van der Waals surface area contributed by atoms with Gasteiger partial charge in [-0.2, -0.15) is 0 Å². The van der Waals surface area contributed by atoms with Crippen LogP contribution in [0.5, 0.6) is 0 Å². The number of methoxy groups -OCH3 is 1. The quantitative estimate of drug-likeness (QED) is 0.859. The normalized spacial score (nSPS) is 10.7. The number of fused-ring (bicyclic) bond motifs is 1. The number of aromatic nitrogens is 1. The maximum atomic E-state index is 11.4. The van der Waals surface area contributed by atoms with Crippen molar-refractivity contribution in [1.29, 1.82) is 0 Å². The number of hydrogen-bond donors (Lipinski definition) is 1. The molecular weight excluding hydrogens is 246 g/mol. The van der Waals surface area contributed by atoms with Crippen molar-refractivity contribution >= 4 is 22.8 Å². The second-order valence-corrected chi connectivity index (χ2v) is 4.50. The summed E-state index contributed by atoms with van der Waals surface area (Å²) in [5.41, 5.74) is 2.46. The molecule has 2 rings (SSSR count). The molecule has 0 atom stereocenters. The fourth-order valence-corrected chi connectivity index (χ4v) is 2.26. The van der Waals surface area contributed by atoms with E-state index in [9.17, 15) is 14.7 Å². The minimum atomic E-state index is -1.00. The molecule has 0 unspecified atom stereocenters. The Bertz CT molecular complexity index is 670. The molecule has 1 aromatic heterocycles. The molecular formula is C14H15NO4. The van der Waals surface area contributed by atoms with Crippen molar-refractivity contribution < 1.29 is 19.4 Å². The van der Waals surface area contributed by atoms with Crippen LogP contribution in [0.3, 0.4) is 0 Å². The largest absolute Gasteiger partial charge is 0.478 e. The number of hydrogen-bond acceptors (Lipinski definition) is 3. The Morgan fingerprint density at radius 1 is 1.26 bits per heavy atom. The van der Waals surface area contributed by atoms with E-state index >= 15 is 0 Å². The number of rotatable bonds is 3. The van der Waals surface area contributed by atoms with Crippen LogP contribution >= 0.6 is 0 Å². The third-order valence-electron chi connectivity index (χ3n) is 3.09. The first kappa shape index (κ1) is 13.1. The Kier molecular flexibility index (Phi) is 3.29. The highest BCUT2D eigenvalue weighted by Gasteiger charge is 2.17. The van der Waals surface area contributed by atoms with Gasteiger partial charge in [-0.25, -0.2) is 4.79 Å². The molecule has 5 heteroatoms. The lowest BCUT2D eigenvalue weighted by molar-refractivity contribution is -0.141. The van der Waals surface area contributed by atoms with Gasteiger partial charge in [0.2, 0.25) is 0 Å². The molecule has 0 aliphatic rings. The number of aromatic carboxylic acids is 1. The Hall–Kier alpha value is -2.30. The van der Waals surface area contributed by atoms with E-state index in [1.807, 2.05) is 26.0 Å². The molecule has 0 radical (unpaired) electrons. The monoisotopic (exact) mass is 261 g/mol.